The number of aromatic nitrogens is 2. The molecule has 2 aromatic heterocycles. The average molecular weight is 803 g/mol. The maximum absolute atomic E-state index is 13.0. The molecule has 1 aliphatic rings. The number of esters is 2. The van der Waals surface area contributed by atoms with Gasteiger partial charge in [-0.25, -0.2) is 9.59 Å². The number of rotatable bonds is 4. The summed E-state index contributed by atoms with van der Waals surface area (Å²) in [6.07, 6.45) is 2.56. The molecule has 0 unspecified atom stereocenters. The molecular weight excluding hydrogens is 751 g/mol. The first-order valence-corrected chi connectivity index (χ1v) is 18.9. The quantitative estimate of drug-likeness (QED) is 0.109. The number of para-hydroxylation sites is 2. The number of aromatic amines is 1. The second kappa shape index (κ2) is 21.3. The molecule has 9 nitrogen and oxygen atoms in total. The molecule has 0 saturated carbocycles. The Hall–Kier alpha value is -4.51. The molecule has 4 aromatic carbocycles. The number of ether oxygens (including phenoxy) is 3. The number of halogens is 1. The van der Waals surface area contributed by atoms with Crippen LogP contribution in [-0.2, 0) is 14.2 Å². The van der Waals surface area contributed by atoms with Crippen molar-refractivity contribution in [2.45, 2.75) is 79.4 Å². The molecule has 57 heavy (non-hydrogen) atoms. The van der Waals surface area contributed by atoms with Crippen LogP contribution in [0.15, 0.2) is 109 Å². The number of benzene rings is 4. The maximum atomic E-state index is 13.0. The van der Waals surface area contributed by atoms with E-state index in [0.29, 0.717) is 33.5 Å². The zero-order valence-electron chi connectivity index (χ0n) is 35.4. The Kier molecular flexibility index (Phi) is 17.5. The van der Waals surface area contributed by atoms with Crippen LogP contribution in [0.3, 0.4) is 0 Å². The van der Waals surface area contributed by atoms with Gasteiger partial charge in [0.15, 0.2) is 0 Å². The molecule has 0 amide bonds. The summed E-state index contributed by atoms with van der Waals surface area (Å²) in [6, 6.07) is 32.9. The summed E-state index contributed by atoms with van der Waals surface area (Å²) < 4.78 is 17.5. The Morgan fingerprint density at radius 1 is 0.649 bits per heavy atom. The van der Waals surface area contributed by atoms with Crippen molar-refractivity contribution < 1.29 is 64.4 Å². The van der Waals surface area contributed by atoms with Crippen molar-refractivity contribution in [3.63, 3.8) is 0 Å². The monoisotopic (exact) mass is 802 g/mol. The van der Waals surface area contributed by atoms with Crippen LogP contribution in [0.2, 0.25) is 0 Å². The van der Waals surface area contributed by atoms with E-state index in [2.05, 4.69) is 4.98 Å². The summed E-state index contributed by atoms with van der Waals surface area (Å²) in [6.45, 7) is 16.8. The van der Waals surface area contributed by atoms with Crippen LogP contribution in [0.1, 0.15) is 109 Å². The molecular formula is C46H52ClN2NaO7. The van der Waals surface area contributed by atoms with Crippen molar-refractivity contribution in [2.75, 3.05) is 13.2 Å². The topological polar surface area (TPSA) is 117 Å². The Balaban J connectivity index is 0.000000302. The van der Waals surface area contributed by atoms with E-state index in [1.54, 1.807) is 47.9 Å². The molecule has 0 aliphatic carbocycles. The van der Waals surface area contributed by atoms with Crippen molar-refractivity contribution in [3.8, 4) is 0 Å². The van der Waals surface area contributed by atoms with Crippen molar-refractivity contribution in [1.29, 1.82) is 0 Å². The minimum absolute atomic E-state index is 0. The van der Waals surface area contributed by atoms with Gasteiger partial charge < -0.3 is 20.6 Å². The Morgan fingerprint density at radius 2 is 1.11 bits per heavy atom. The van der Waals surface area contributed by atoms with Gasteiger partial charge in [-0.15, -0.1) is 0 Å². The Bertz CT molecular complexity index is 2260. The first-order valence-electron chi connectivity index (χ1n) is 18.5. The number of H-pyrrole nitrogens is 1. The maximum Gasteiger partial charge on any atom is 1.00 e. The van der Waals surface area contributed by atoms with Crippen LogP contribution >= 0.6 is 11.6 Å². The minimum atomic E-state index is -0.601. The first-order chi connectivity index (χ1) is 26.5. The number of hydrogen-bond acceptors (Lipinski definition) is 7. The third kappa shape index (κ3) is 13.5. The number of carbonyl (C=O) groups is 4. The normalized spacial score (nSPS) is 12.1. The van der Waals surface area contributed by atoms with Crippen LogP contribution < -0.4 is 29.6 Å². The second-order valence-corrected chi connectivity index (χ2v) is 15.5. The number of carbonyl (C=O) groups excluding carboxylic acids is 4. The molecule has 0 bridgehead atoms. The van der Waals surface area contributed by atoms with Gasteiger partial charge in [0.2, 0.25) is 0 Å². The van der Waals surface area contributed by atoms with Gasteiger partial charge in [-0.3, -0.25) is 14.2 Å². The molecule has 6 aromatic rings. The predicted octanol–water partition coefficient (Wildman–Crippen LogP) is 8.00. The molecule has 11 heteroatoms. The molecule has 1 fully saturated rings. The summed E-state index contributed by atoms with van der Waals surface area (Å²) >= 11 is 5.16. The van der Waals surface area contributed by atoms with E-state index in [1.165, 1.54) is 12.8 Å². The molecule has 3 heterocycles. The van der Waals surface area contributed by atoms with Gasteiger partial charge in [-0.05, 0) is 104 Å². The molecule has 0 radical (unpaired) electrons. The first kappa shape index (κ1) is 46.9. The van der Waals surface area contributed by atoms with Gasteiger partial charge in [-0.2, -0.15) is 0 Å². The third-order valence-corrected chi connectivity index (χ3v) is 8.48. The zero-order valence-corrected chi connectivity index (χ0v) is 37.2. The van der Waals surface area contributed by atoms with Crippen LogP contribution in [0.4, 0.5) is 0 Å². The summed E-state index contributed by atoms with van der Waals surface area (Å²) in [5, 5.41) is 1.23. The summed E-state index contributed by atoms with van der Waals surface area (Å²) in [5.41, 5.74) is 4.22. The standard InChI is InChI=1S/C21H21NO3.C14H17NO2.C7H5ClO.C4H8O.Na.H/c1-14-18(20(24)25-21(2,3)4)16-12-8-9-13-17(16)22(14)19(23)15-10-6-5-7-11-15;1-9-12(13(16)17-14(2,3)4)10-7-5-6-8-11(10)15-9;8-7(9)6-4-2-1-3-5-6;1-2-4-5-3-1;;/h5-13H,1-4H3;5-8,15H,1-4H3;1-5H;1-4H2;;/q;;;;+1;-1. The fourth-order valence-corrected chi connectivity index (χ4v) is 6.00. The van der Waals surface area contributed by atoms with Gasteiger partial charge in [0, 0.05) is 52.0 Å². The molecule has 0 spiro atoms. The van der Waals surface area contributed by atoms with Gasteiger partial charge in [0.05, 0.1) is 16.6 Å². The Labute approximate surface area is 363 Å². The van der Waals surface area contributed by atoms with Gasteiger partial charge >= 0.3 is 41.5 Å². The van der Waals surface area contributed by atoms with E-state index in [1.807, 2.05) is 121 Å². The van der Waals surface area contributed by atoms with Crippen LogP contribution in [0.5, 0.6) is 0 Å². The van der Waals surface area contributed by atoms with Gasteiger partial charge in [0.1, 0.15) is 11.2 Å². The fourth-order valence-electron chi connectivity index (χ4n) is 5.87. The SMILES string of the molecule is C1CCOC1.Cc1[nH]c2ccccc2c1C(=O)OC(C)(C)C.Cc1c(C(=O)OC(C)(C)C)c2ccccc2n1C(=O)c1ccccc1.O=C(Cl)c1ccccc1.[H-].[Na+]. The fraction of sp³-hybridized carbons (Fsp3) is 0.304. The molecule has 1 N–H and O–H groups in total. The van der Waals surface area contributed by atoms with Crippen molar-refractivity contribution in [2.24, 2.45) is 0 Å². The van der Waals surface area contributed by atoms with E-state index in [-0.39, 0.29) is 42.9 Å². The van der Waals surface area contributed by atoms with Crippen LogP contribution in [-0.4, -0.2) is 57.1 Å². The van der Waals surface area contributed by atoms with Crippen molar-refractivity contribution in [3.05, 3.63) is 143 Å². The number of aryl methyl sites for hydroxylation is 1. The number of hydrogen-bond donors (Lipinski definition) is 1. The number of nitrogens with one attached hydrogen (secondary N) is 1. The van der Waals surface area contributed by atoms with E-state index in [4.69, 9.17) is 25.8 Å². The second-order valence-electron chi connectivity index (χ2n) is 15.1. The van der Waals surface area contributed by atoms with Crippen LogP contribution in [0, 0.1) is 13.8 Å². The van der Waals surface area contributed by atoms with E-state index < -0.39 is 22.4 Å². The predicted molar refractivity (Wildman–Crippen MR) is 224 cm³/mol. The van der Waals surface area contributed by atoms with Crippen molar-refractivity contribution >= 4 is 56.5 Å². The summed E-state index contributed by atoms with van der Waals surface area (Å²) in [4.78, 5) is 51.5. The zero-order chi connectivity index (χ0) is 41.0. The smallest absolute Gasteiger partial charge is 1.00 e. The van der Waals surface area contributed by atoms with Crippen LogP contribution in [0.25, 0.3) is 21.8 Å². The largest absolute Gasteiger partial charge is 1.00 e. The van der Waals surface area contributed by atoms with Crippen molar-refractivity contribution in [1.82, 2.24) is 9.55 Å². The van der Waals surface area contributed by atoms with E-state index in [9.17, 15) is 19.2 Å². The molecule has 0 atom stereocenters. The number of fused-ring (bicyclic) bond motifs is 2. The third-order valence-electron chi connectivity index (χ3n) is 8.26. The van der Waals surface area contributed by atoms with E-state index in [0.717, 1.165) is 35.2 Å². The van der Waals surface area contributed by atoms with Gasteiger partial charge in [-0.1, -0.05) is 84.9 Å². The molecule has 1 saturated heterocycles. The average Bonchev–Trinajstić information content (AvgIpc) is 3.90. The summed E-state index contributed by atoms with van der Waals surface area (Å²) in [5.74, 6) is -0.850. The summed E-state index contributed by atoms with van der Waals surface area (Å²) in [7, 11) is 0. The Morgan fingerprint density at radius 3 is 1.58 bits per heavy atom. The molecule has 1 aliphatic heterocycles. The number of nitrogens with zero attached hydrogens (tertiary/aromatic N) is 1. The van der Waals surface area contributed by atoms with Gasteiger partial charge in [0.25, 0.3) is 11.1 Å². The minimum Gasteiger partial charge on any atom is -1.00 e. The molecule has 7 rings (SSSR count). The molecule has 296 valence electrons. The van der Waals surface area contributed by atoms with E-state index >= 15 is 0 Å².